The van der Waals surface area contributed by atoms with Crippen LogP contribution in [0.3, 0.4) is 0 Å². The van der Waals surface area contributed by atoms with Crippen molar-refractivity contribution in [1.29, 1.82) is 0 Å². The first-order chi connectivity index (χ1) is 11.4. The number of carbonyl (C=O) groups is 1. The molecule has 1 aromatic carbocycles. The molecule has 1 unspecified atom stereocenters. The largest absolute Gasteiger partial charge is 0.446 e. The van der Waals surface area contributed by atoms with Gasteiger partial charge in [-0.25, -0.2) is 0 Å². The predicted octanol–water partition coefficient (Wildman–Crippen LogP) is 2.80. The molecule has 0 radical (unpaired) electrons. The van der Waals surface area contributed by atoms with E-state index in [0.29, 0.717) is 18.1 Å². The Kier molecular flexibility index (Phi) is 4.66. The van der Waals surface area contributed by atoms with Gasteiger partial charge in [0.05, 0.1) is 5.41 Å². The van der Waals surface area contributed by atoms with E-state index in [4.69, 9.17) is 9.26 Å². The standard InChI is InChI=1S/C18H23N3O3/c1-18(2,3)17(22)23-16-13(9-10-19-16)11-14-20-15(21-24-14)12-7-5-4-6-8-12/h4-8,13,16,19H,9-11H2,1-3H3/t13-,16?/m1/s1. The lowest BCUT2D eigenvalue weighted by molar-refractivity contribution is -0.161. The third-order valence-corrected chi connectivity index (χ3v) is 4.07. The second kappa shape index (κ2) is 6.73. The van der Waals surface area contributed by atoms with Crippen LogP contribution in [0.15, 0.2) is 34.9 Å². The minimum absolute atomic E-state index is 0.139. The van der Waals surface area contributed by atoms with Gasteiger partial charge in [-0.2, -0.15) is 4.98 Å². The van der Waals surface area contributed by atoms with E-state index in [1.54, 1.807) is 0 Å². The SMILES string of the molecule is CC(C)(C)C(=O)OC1NCC[C@@H]1Cc1nc(-c2ccccc2)no1. The van der Waals surface area contributed by atoms with E-state index in [0.717, 1.165) is 18.5 Å². The Bertz CT molecular complexity index is 691. The third kappa shape index (κ3) is 3.82. The summed E-state index contributed by atoms with van der Waals surface area (Å²) in [6.45, 7) is 6.36. The molecule has 2 heterocycles. The number of benzene rings is 1. The van der Waals surface area contributed by atoms with Crippen molar-refractivity contribution in [3.8, 4) is 11.4 Å². The number of ether oxygens (including phenoxy) is 1. The first-order valence-electron chi connectivity index (χ1n) is 8.26. The average Bonchev–Trinajstić information content (AvgIpc) is 3.18. The van der Waals surface area contributed by atoms with Gasteiger partial charge in [0, 0.05) is 17.9 Å². The van der Waals surface area contributed by atoms with Gasteiger partial charge in [0.25, 0.3) is 0 Å². The molecule has 128 valence electrons. The first-order valence-corrected chi connectivity index (χ1v) is 8.26. The molecule has 1 saturated heterocycles. The van der Waals surface area contributed by atoms with Crippen LogP contribution in [0.5, 0.6) is 0 Å². The highest BCUT2D eigenvalue weighted by atomic mass is 16.6. The van der Waals surface area contributed by atoms with E-state index in [1.165, 1.54) is 0 Å². The minimum atomic E-state index is -0.514. The van der Waals surface area contributed by atoms with Gasteiger partial charge in [-0.1, -0.05) is 35.5 Å². The monoisotopic (exact) mass is 329 g/mol. The fourth-order valence-corrected chi connectivity index (χ4v) is 2.63. The van der Waals surface area contributed by atoms with Crippen LogP contribution in [0, 0.1) is 11.3 Å². The molecule has 3 rings (SSSR count). The van der Waals surface area contributed by atoms with Crippen LogP contribution in [0.25, 0.3) is 11.4 Å². The Morgan fingerprint density at radius 3 is 2.79 bits per heavy atom. The molecule has 1 aromatic heterocycles. The van der Waals surface area contributed by atoms with Crippen LogP contribution in [-0.2, 0) is 16.0 Å². The van der Waals surface area contributed by atoms with Gasteiger partial charge in [0.15, 0.2) is 6.23 Å². The molecule has 0 aliphatic carbocycles. The lowest BCUT2D eigenvalue weighted by Gasteiger charge is -2.23. The molecular formula is C18H23N3O3. The minimum Gasteiger partial charge on any atom is -0.446 e. The van der Waals surface area contributed by atoms with E-state index in [9.17, 15) is 4.79 Å². The smallest absolute Gasteiger partial charge is 0.312 e. The number of rotatable bonds is 4. The summed E-state index contributed by atoms with van der Waals surface area (Å²) in [7, 11) is 0. The van der Waals surface area contributed by atoms with Gasteiger partial charge in [-0.3, -0.25) is 10.1 Å². The van der Waals surface area contributed by atoms with Crippen molar-refractivity contribution in [3.05, 3.63) is 36.2 Å². The second-order valence-corrected chi connectivity index (χ2v) is 7.16. The maximum absolute atomic E-state index is 12.1. The van der Waals surface area contributed by atoms with Crippen LogP contribution < -0.4 is 5.32 Å². The number of esters is 1. The van der Waals surface area contributed by atoms with Crippen LogP contribution in [0.4, 0.5) is 0 Å². The van der Waals surface area contributed by atoms with Crippen molar-refractivity contribution in [2.75, 3.05) is 6.54 Å². The number of hydrogen-bond donors (Lipinski definition) is 1. The average molecular weight is 329 g/mol. The molecule has 0 bridgehead atoms. The molecular weight excluding hydrogens is 306 g/mol. The molecule has 0 saturated carbocycles. The highest BCUT2D eigenvalue weighted by Gasteiger charge is 2.34. The third-order valence-electron chi connectivity index (χ3n) is 4.07. The van der Waals surface area contributed by atoms with Gasteiger partial charge >= 0.3 is 5.97 Å². The predicted molar refractivity (Wildman–Crippen MR) is 88.9 cm³/mol. The fourth-order valence-electron chi connectivity index (χ4n) is 2.63. The maximum Gasteiger partial charge on any atom is 0.312 e. The summed E-state index contributed by atoms with van der Waals surface area (Å²) in [5.74, 6) is 1.09. The Morgan fingerprint density at radius 1 is 1.33 bits per heavy atom. The van der Waals surface area contributed by atoms with Crippen molar-refractivity contribution in [2.24, 2.45) is 11.3 Å². The first kappa shape index (κ1) is 16.6. The van der Waals surface area contributed by atoms with Gasteiger partial charge < -0.3 is 9.26 Å². The van der Waals surface area contributed by atoms with Crippen molar-refractivity contribution >= 4 is 5.97 Å². The second-order valence-electron chi connectivity index (χ2n) is 7.16. The van der Waals surface area contributed by atoms with E-state index in [1.807, 2.05) is 51.1 Å². The Morgan fingerprint density at radius 2 is 2.08 bits per heavy atom. The summed E-state index contributed by atoms with van der Waals surface area (Å²) in [6, 6.07) is 9.71. The number of aromatic nitrogens is 2. The van der Waals surface area contributed by atoms with Crippen LogP contribution in [0.2, 0.25) is 0 Å². The molecule has 2 atom stereocenters. The Balaban J connectivity index is 1.65. The molecule has 6 heteroatoms. The summed E-state index contributed by atoms with van der Waals surface area (Å²) < 4.78 is 11.0. The number of carbonyl (C=O) groups excluding carboxylic acids is 1. The summed E-state index contributed by atoms with van der Waals surface area (Å²) in [5, 5.41) is 7.27. The topological polar surface area (TPSA) is 77.2 Å². The molecule has 1 aliphatic rings. The molecule has 6 nitrogen and oxygen atoms in total. The van der Waals surface area contributed by atoms with Crippen LogP contribution in [0.1, 0.15) is 33.1 Å². The Labute approximate surface area is 141 Å². The fraction of sp³-hybridized carbons (Fsp3) is 0.500. The zero-order chi connectivity index (χ0) is 17.2. The van der Waals surface area contributed by atoms with Crippen molar-refractivity contribution < 1.29 is 14.1 Å². The van der Waals surface area contributed by atoms with Crippen molar-refractivity contribution in [3.63, 3.8) is 0 Å². The van der Waals surface area contributed by atoms with Crippen LogP contribution >= 0.6 is 0 Å². The zero-order valence-electron chi connectivity index (χ0n) is 14.3. The van der Waals surface area contributed by atoms with Crippen LogP contribution in [-0.4, -0.2) is 28.9 Å². The summed E-state index contributed by atoms with van der Waals surface area (Å²) in [4.78, 5) is 16.6. The summed E-state index contributed by atoms with van der Waals surface area (Å²) >= 11 is 0. The molecule has 1 fully saturated rings. The van der Waals surface area contributed by atoms with Crippen molar-refractivity contribution in [1.82, 2.24) is 15.5 Å². The van der Waals surface area contributed by atoms with E-state index in [2.05, 4.69) is 15.5 Å². The zero-order valence-corrected chi connectivity index (χ0v) is 14.3. The maximum atomic E-state index is 12.1. The van der Waals surface area contributed by atoms with Gasteiger partial charge in [0.2, 0.25) is 11.7 Å². The lowest BCUT2D eigenvalue weighted by Crippen LogP contribution is -2.37. The molecule has 0 amide bonds. The van der Waals surface area contributed by atoms with Gasteiger partial charge in [-0.05, 0) is 33.7 Å². The molecule has 0 spiro atoms. The lowest BCUT2D eigenvalue weighted by atomic mass is 9.97. The van der Waals surface area contributed by atoms with E-state index < -0.39 is 5.41 Å². The molecule has 24 heavy (non-hydrogen) atoms. The molecule has 2 aromatic rings. The molecule has 1 aliphatic heterocycles. The highest BCUT2D eigenvalue weighted by molar-refractivity contribution is 5.75. The van der Waals surface area contributed by atoms with Gasteiger partial charge in [-0.15, -0.1) is 0 Å². The Hall–Kier alpha value is -2.21. The van der Waals surface area contributed by atoms with E-state index >= 15 is 0 Å². The van der Waals surface area contributed by atoms with Crippen molar-refractivity contribution in [2.45, 2.75) is 39.8 Å². The molecule has 1 N–H and O–H groups in total. The van der Waals surface area contributed by atoms with E-state index in [-0.39, 0.29) is 18.1 Å². The quantitative estimate of drug-likeness (QED) is 0.869. The number of hydrogen-bond acceptors (Lipinski definition) is 6. The summed E-state index contributed by atoms with van der Waals surface area (Å²) in [5.41, 5.74) is 0.410. The summed E-state index contributed by atoms with van der Waals surface area (Å²) in [6.07, 6.45) is 1.20. The number of nitrogens with one attached hydrogen (secondary N) is 1. The highest BCUT2D eigenvalue weighted by Crippen LogP contribution is 2.25. The van der Waals surface area contributed by atoms with Gasteiger partial charge in [0.1, 0.15) is 0 Å². The normalized spacial score (nSPS) is 21.0. The number of nitrogens with zero attached hydrogens (tertiary/aromatic N) is 2.